The van der Waals surface area contributed by atoms with Gasteiger partial charge in [-0.3, -0.25) is 4.90 Å². The smallest absolute Gasteiger partial charge is 0.149 e. The fraction of sp³-hybridized carbons (Fsp3) is 0.667. The quantitative estimate of drug-likeness (QED) is 0.789. The molecule has 1 saturated heterocycles. The summed E-state index contributed by atoms with van der Waals surface area (Å²) in [5, 5.41) is 3.15. The number of rotatable bonds is 4. The molecule has 1 fully saturated rings. The molecule has 5 nitrogen and oxygen atoms in total. The first-order chi connectivity index (χ1) is 9.17. The Hall–Kier alpha value is -0.120. The number of ether oxygens (including phenoxy) is 1. The molecule has 19 heavy (non-hydrogen) atoms. The Labute approximate surface area is 132 Å². The highest BCUT2D eigenvalue weighted by Gasteiger charge is 2.25. The first kappa shape index (κ1) is 15.3. The number of aromatic nitrogens is 2. The highest BCUT2D eigenvalue weighted by Crippen LogP contribution is 2.29. The number of anilines is 1. The predicted molar refractivity (Wildman–Crippen MR) is 87.7 cm³/mol. The number of thioether (sulfide) groups is 1. The Bertz CT molecular complexity index is 446. The van der Waals surface area contributed by atoms with E-state index in [0.717, 1.165) is 33.2 Å². The second-order valence-electron chi connectivity index (χ2n) is 4.45. The molecule has 0 amide bonds. The Morgan fingerprint density at radius 2 is 2.32 bits per heavy atom. The standard InChI is InChI=1S/C12H19IN4OS/c1-14-12-10(13)8(6-18-3)15-11(16-12)9-7-19-5-4-17(9)2/h9H,4-7H2,1-3H3,(H,14,15,16). The molecule has 1 aliphatic rings. The van der Waals surface area contributed by atoms with Gasteiger partial charge in [-0.1, -0.05) is 0 Å². The predicted octanol–water partition coefficient (Wildman–Crippen LogP) is 1.99. The molecule has 1 unspecified atom stereocenters. The van der Waals surface area contributed by atoms with Crippen LogP contribution in [0, 0.1) is 3.57 Å². The van der Waals surface area contributed by atoms with Crippen LogP contribution < -0.4 is 5.32 Å². The maximum Gasteiger partial charge on any atom is 0.149 e. The fourth-order valence-corrected chi connectivity index (χ4v) is 3.90. The summed E-state index contributed by atoms with van der Waals surface area (Å²) in [5.41, 5.74) is 0.960. The third-order valence-corrected chi connectivity index (χ3v) is 5.31. The van der Waals surface area contributed by atoms with Gasteiger partial charge in [-0.05, 0) is 29.6 Å². The summed E-state index contributed by atoms with van der Waals surface area (Å²) in [5.74, 6) is 4.02. The molecule has 0 bridgehead atoms. The number of nitrogens with one attached hydrogen (secondary N) is 1. The van der Waals surface area contributed by atoms with Crippen molar-refractivity contribution in [3.8, 4) is 0 Å². The number of hydrogen-bond acceptors (Lipinski definition) is 6. The summed E-state index contributed by atoms with van der Waals surface area (Å²) in [6.45, 7) is 1.60. The van der Waals surface area contributed by atoms with Crippen LogP contribution >= 0.6 is 34.4 Å². The lowest BCUT2D eigenvalue weighted by molar-refractivity contribution is 0.179. The van der Waals surface area contributed by atoms with Crippen LogP contribution in [0.15, 0.2) is 0 Å². The highest BCUT2D eigenvalue weighted by atomic mass is 127. The molecule has 0 aliphatic carbocycles. The van der Waals surface area contributed by atoms with Gasteiger partial charge in [0.05, 0.1) is 21.9 Å². The summed E-state index contributed by atoms with van der Waals surface area (Å²) in [4.78, 5) is 11.7. The minimum absolute atomic E-state index is 0.290. The van der Waals surface area contributed by atoms with Crippen molar-refractivity contribution in [3.05, 3.63) is 15.1 Å². The first-order valence-corrected chi connectivity index (χ1v) is 8.41. The van der Waals surface area contributed by atoms with Crippen LogP contribution in [-0.4, -0.2) is 54.1 Å². The molecule has 2 rings (SSSR count). The molecule has 0 spiro atoms. The summed E-state index contributed by atoms with van der Waals surface area (Å²) in [6, 6.07) is 0.290. The van der Waals surface area contributed by atoms with E-state index >= 15 is 0 Å². The maximum absolute atomic E-state index is 5.24. The van der Waals surface area contributed by atoms with Crippen molar-refractivity contribution in [1.29, 1.82) is 0 Å². The van der Waals surface area contributed by atoms with E-state index in [1.807, 2.05) is 18.8 Å². The summed E-state index contributed by atoms with van der Waals surface area (Å²) >= 11 is 4.23. The molecule has 0 radical (unpaired) electrons. The van der Waals surface area contributed by atoms with E-state index in [1.165, 1.54) is 5.75 Å². The lowest BCUT2D eigenvalue weighted by Gasteiger charge is -2.31. The van der Waals surface area contributed by atoms with Gasteiger partial charge in [0.25, 0.3) is 0 Å². The van der Waals surface area contributed by atoms with Gasteiger partial charge < -0.3 is 10.1 Å². The van der Waals surface area contributed by atoms with E-state index in [4.69, 9.17) is 9.72 Å². The molecule has 1 aliphatic heterocycles. The van der Waals surface area contributed by atoms with E-state index in [0.29, 0.717) is 12.6 Å². The number of methoxy groups -OCH3 is 1. The molecule has 7 heteroatoms. The number of nitrogens with zero attached hydrogens (tertiary/aromatic N) is 3. The Kier molecular flexibility index (Phi) is 5.67. The molecule has 0 aromatic carbocycles. The minimum atomic E-state index is 0.290. The minimum Gasteiger partial charge on any atom is -0.378 e. The fourth-order valence-electron chi connectivity index (χ4n) is 2.02. The van der Waals surface area contributed by atoms with Crippen LogP contribution in [0.4, 0.5) is 5.82 Å². The average Bonchev–Trinajstić information content (AvgIpc) is 2.42. The topological polar surface area (TPSA) is 50.3 Å². The first-order valence-electron chi connectivity index (χ1n) is 6.18. The number of hydrogen-bond donors (Lipinski definition) is 1. The lowest BCUT2D eigenvalue weighted by Crippen LogP contribution is -2.34. The van der Waals surface area contributed by atoms with E-state index in [1.54, 1.807) is 7.11 Å². The Balaban J connectivity index is 2.36. The normalized spacial score (nSPS) is 20.5. The summed E-state index contributed by atoms with van der Waals surface area (Å²) in [7, 11) is 5.73. The van der Waals surface area contributed by atoms with E-state index in [9.17, 15) is 0 Å². The van der Waals surface area contributed by atoms with Gasteiger partial charge in [0.1, 0.15) is 11.6 Å². The van der Waals surface area contributed by atoms with Crippen LogP contribution in [0.2, 0.25) is 0 Å². The monoisotopic (exact) mass is 394 g/mol. The summed E-state index contributed by atoms with van der Waals surface area (Å²) in [6.07, 6.45) is 0. The molecule has 106 valence electrons. The number of halogens is 1. The van der Waals surface area contributed by atoms with Gasteiger partial charge in [0.2, 0.25) is 0 Å². The van der Waals surface area contributed by atoms with E-state index in [-0.39, 0.29) is 0 Å². The molecule has 1 aromatic rings. The zero-order valence-electron chi connectivity index (χ0n) is 11.4. The van der Waals surface area contributed by atoms with Gasteiger partial charge in [-0.25, -0.2) is 9.97 Å². The lowest BCUT2D eigenvalue weighted by atomic mass is 10.2. The van der Waals surface area contributed by atoms with Crippen LogP contribution in [0.25, 0.3) is 0 Å². The molecule has 1 N–H and O–H groups in total. The Morgan fingerprint density at radius 1 is 1.53 bits per heavy atom. The van der Waals surface area contributed by atoms with Crippen molar-refractivity contribution >= 4 is 40.2 Å². The Morgan fingerprint density at radius 3 is 2.95 bits per heavy atom. The molecular weight excluding hydrogens is 375 g/mol. The average molecular weight is 394 g/mol. The van der Waals surface area contributed by atoms with Crippen LogP contribution in [0.3, 0.4) is 0 Å². The van der Waals surface area contributed by atoms with Gasteiger partial charge in [0, 0.05) is 32.2 Å². The van der Waals surface area contributed by atoms with Crippen molar-refractivity contribution < 1.29 is 4.74 Å². The second kappa shape index (κ2) is 7.05. The van der Waals surface area contributed by atoms with Crippen LogP contribution in [-0.2, 0) is 11.3 Å². The van der Waals surface area contributed by atoms with Crippen molar-refractivity contribution in [3.63, 3.8) is 0 Å². The molecule has 2 heterocycles. The van der Waals surface area contributed by atoms with Gasteiger partial charge in [0.15, 0.2) is 0 Å². The molecule has 0 saturated carbocycles. The SMILES string of the molecule is CNc1nc(C2CSCCN2C)nc(COC)c1I. The molecule has 1 atom stereocenters. The highest BCUT2D eigenvalue weighted by molar-refractivity contribution is 14.1. The van der Waals surface area contributed by atoms with E-state index < -0.39 is 0 Å². The molecular formula is C12H19IN4OS. The summed E-state index contributed by atoms with van der Waals surface area (Å²) < 4.78 is 6.27. The van der Waals surface area contributed by atoms with Crippen LogP contribution in [0.1, 0.15) is 17.6 Å². The van der Waals surface area contributed by atoms with Crippen molar-refractivity contribution in [2.45, 2.75) is 12.6 Å². The van der Waals surface area contributed by atoms with Crippen LogP contribution in [0.5, 0.6) is 0 Å². The van der Waals surface area contributed by atoms with Gasteiger partial charge in [-0.2, -0.15) is 11.8 Å². The largest absolute Gasteiger partial charge is 0.378 e. The van der Waals surface area contributed by atoms with Crippen molar-refractivity contribution in [1.82, 2.24) is 14.9 Å². The zero-order valence-corrected chi connectivity index (χ0v) is 14.4. The van der Waals surface area contributed by atoms with Gasteiger partial charge in [-0.15, -0.1) is 0 Å². The molecule has 1 aromatic heterocycles. The second-order valence-corrected chi connectivity index (χ2v) is 6.67. The van der Waals surface area contributed by atoms with Crippen molar-refractivity contribution in [2.24, 2.45) is 0 Å². The van der Waals surface area contributed by atoms with E-state index in [2.05, 4.69) is 44.8 Å². The third-order valence-electron chi connectivity index (χ3n) is 3.15. The third kappa shape index (κ3) is 3.50. The maximum atomic E-state index is 5.24. The zero-order chi connectivity index (χ0) is 13.8. The van der Waals surface area contributed by atoms with Gasteiger partial charge >= 0.3 is 0 Å². The van der Waals surface area contributed by atoms with Crippen molar-refractivity contribution in [2.75, 3.05) is 44.6 Å².